The van der Waals surface area contributed by atoms with E-state index in [-0.39, 0.29) is 12.5 Å². The van der Waals surface area contributed by atoms with E-state index in [0.29, 0.717) is 34.3 Å². The van der Waals surface area contributed by atoms with Crippen molar-refractivity contribution >= 4 is 73.3 Å². The molecule has 0 aliphatic heterocycles. The molecular formula is C22H26Cl2IN3O4S. The van der Waals surface area contributed by atoms with E-state index in [2.05, 4.69) is 27.9 Å². The number of nitrogens with one attached hydrogen (secondary N) is 1. The van der Waals surface area contributed by atoms with Crippen molar-refractivity contribution in [3.8, 4) is 0 Å². The Labute approximate surface area is 218 Å². The fourth-order valence-corrected chi connectivity index (χ4v) is 4.80. The molecule has 0 saturated carbocycles. The van der Waals surface area contributed by atoms with Crippen LogP contribution in [0.5, 0.6) is 0 Å². The molecule has 180 valence electrons. The summed E-state index contributed by atoms with van der Waals surface area (Å²) in [5.41, 5.74) is 1.03. The summed E-state index contributed by atoms with van der Waals surface area (Å²) in [6, 6.07) is 11.0. The van der Waals surface area contributed by atoms with Crippen molar-refractivity contribution in [1.82, 2.24) is 10.2 Å². The van der Waals surface area contributed by atoms with Crippen LogP contribution >= 0.6 is 45.8 Å². The topological polar surface area (TPSA) is 86.8 Å². The van der Waals surface area contributed by atoms with Crippen molar-refractivity contribution in [3.63, 3.8) is 0 Å². The molecule has 0 fully saturated rings. The van der Waals surface area contributed by atoms with Gasteiger partial charge in [0.15, 0.2) is 0 Å². The van der Waals surface area contributed by atoms with E-state index in [9.17, 15) is 18.0 Å². The maximum Gasteiger partial charge on any atom is 0.244 e. The molecule has 7 nitrogen and oxygen atoms in total. The monoisotopic (exact) mass is 625 g/mol. The van der Waals surface area contributed by atoms with Crippen LogP contribution in [0.25, 0.3) is 0 Å². The predicted octanol–water partition coefficient (Wildman–Crippen LogP) is 4.31. The first-order valence-electron chi connectivity index (χ1n) is 10.2. The maximum atomic E-state index is 13.5. The molecule has 1 N–H and O–H groups in total. The molecule has 2 amide bonds. The molecule has 1 atom stereocenters. The number of anilines is 1. The molecule has 0 saturated heterocycles. The first-order chi connectivity index (χ1) is 15.5. The molecule has 0 unspecified atom stereocenters. The van der Waals surface area contributed by atoms with Gasteiger partial charge in [-0.05, 0) is 77.9 Å². The first kappa shape index (κ1) is 27.7. The summed E-state index contributed by atoms with van der Waals surface area (Å²) in [4.78, 5) is 27.6. The summed E-state index contributed by atoms with van der Waals surface area (Å²) < 4.78 is 27.0. The number of rotatable bonds is 10. The van der Waals surface area contributed by atoms with Crippen molar-refractivity contribution in [3.05, 3.63) is 61.6 Å². The Morgan fingerprint density at radius 3 is 2.21 bits per heavy atom. The minimum absolute atomic E-state index is 0.0651. The number of likely N-dealkylation sites (N-methyl/N-ethyl adjacent to an activating group) is 1. The second-order valence-corrected chi connectivity index (χ2v) is 11.3. The minimum Gasteiger partial charge on any atom is -0.355 e. The number of carbonyl (C=O) groups is 2. The number of hydrogen-bond acceptors (Lipinski definition) is 4. The van der Waals surface area contributed by atoms with Crippen LogP contribution in [0.4, 0.5) is 5.69 Å². The summed E-state index contributed by atoms with van der Waals surface area (Å²) in [6.45, 7) is 3.61. The van der Waals surface area contributed by atoms with Crippen LogP contribution in [0.1, 0.15) is 25.8 Å². The molecule has 2 aromatic carbocycles. The third-order valence-corrected chi connectivity index (χ3v) is 7.47. The normalized spacial score (nSPS) is 12.2. The second-order valence-electron chi connectivity index (χ2n) is 7.33. The SMILES string of the molecule is CCNC(=O)[C@@H](CC)N(Cc1ccc(Cl)c(Cl)c1)C(=O)CN(c1ccc(I)cc1)S(C)(=O)=O. The highest BCUT2D eigenvalue weighted by molar-refractivity contribution is 14.1. The van der Waals surface area contributed by atoms with Crippen molar-refractivity contribution in [2.45, 2.75) is 32.9 Å². The zero-order valence-corrected chi connectivity index (χ0v) is 23.0. The molecule has 2 aromatic rings. The average molecular weight is 626 g/mol. The lowest BCUT2D eigenvalue weighted by molar-refractivity contribution is -0.140. The van der Waals surface area contributed by atoms with Crippen LogP contribution in [-0.2, 0) is 26.2 Å². The number of sulfonamides is 1. The van der Waals surface area contributed by atoms with E-state index in [0.717, 1.165) is 14.1 Å². The van der Waals surface area contributed by atoms with Gasteiger partial charge in [0, 0.05) is 16.7 Å². The smallest absolute Gasteiger partial charge is 0.244 e. The van der Waals surface area contributed by atoms with Crippen LogP contribution in [0.2, 0.25) is 10.0 Å². The van der Waals surface area contributed by atoms with E-state index >= 15 is 0 Å². The molecule has 0 aromatic heterocycles. The molecule has 0 aliphatic rings. The number of halogens is 3. The van der Waals surface area contributed by atoms with Crippen molar-refractivity contribution in [2.75, 3.05) is 23.7 Å². The van der Waals surface area contributed by atoms with Gasteiger partial charge >= 0.3 is 0 Å². The highest BCUT2D eigenvalue weighted by Gasteiger charge is 2.31. The summed E-state index contributed by atoms with van der Waals surface area (Å²) in [5, 5.41) is 3.44. The summed E-state index contributed by atoms with van der Waals surface area (Å²) in [5.74, 6) is -0.822. The lowest BCUT2D eigenvalue weighted by Crippen LogP contribution is -2.52. The summed E-state index contributed by atoms with van der Waals surface area (Å²) in [6.07, 6.45) is 1.39. The average Bonchev–Trinajstić information content (AvgIpc) is 2.74. The number of hydrogen-bond donors (Lipinski definition) is 1. The van der Waals surface area contributed by atoms with Crippen LogP contribution in [-0.4, -0.2) is 50.5 Å². The van der Waals surface area contributed by atoms with Crippen LogP contribution in [0, 0.1) is 3.57 Å². The zero-order valence-electron chi connectivity index (χ0n) is 18.5. The van der Waals surface area contributed by atoms with E-state index in [4.69, 9.17) is 23.2 Å². The van der Waals surface area contributed by atoms with Gasteiger partial charge < -0.3 is 10.2 Å². The van der Waals surface area contributed by atoms with E-state index in [1.54, 1.807) is 56.3 Å². The van der Waals surface area contributed by atoms with Gasteiger partial charge in [0.25, 0.3) is 0 Å². The Morgan fingerprint density at radius 1 is 1.06 bits per heavy atom. The molecule has 0 bridgehead atoms. The number of nitrogens with zero attached hydrogens (tertiary/aromatic N) is 2. The highest BCUT2D eigenvalue weighted by Crippen LogP contribution is 2.25. The molecule has 33 heavy (non-hydrogen) atoms. The fourth-order valence-electron chi connectivity index (χ4n) is 3.27. The Morgan fingerprint density at radius 2 is 1.70 bits per heavy atom. The first-order valence-corrected chi connectivity index (χ1v) is 13.9. The fraction of sp³-hybridized carbons (Fsp3) is 0.364. The lowest BCUT2D eigenvalue weighted by Gasteiger charge is -2.32. The molecule has 0 spiro atoms. The molecule has 11 heteroatoms. The maximum absolute atomic E-state index is 13.5. The lowest BCUT2D eigenvalue weighted by atomic mass is 10.1. The molecule has 2 rings (SSSR count). The standard InChI is InChI=1S/C22H26Cl2IN3O4S/c1-4-20(22(30)26-5-2)27(13-15-6-11-18(23)19(24)12-15)21(29)14-28(33(3,31)32)17-9-7-16(25)8-10-17/h6-12,20H,4-5,13-14H2,1-3H3,(H,26,30)/t20-/m1/s1. The Kier molecular flexibility index (Phi) is 10.3. The number of amides is 2. The molecule has 0 radical (unpaired) electrons. The summed E-state index contributed by atoms with van der Waals surface area (Å²) in [7, 11) is -3.76. The van der Waals surface area contributed by atoms with Gasteiger partial charge in [-0.25, -0.2) is 8.42 Å². The third-order valence-electron chi connectivity index (χ3n) is 4.87. The van der Waals surface area contributed by atoms with Gasteiger partial charge in [-0.1, -0.05) is 36.2 Å². The van der Waals surface area contributed by atoms with Gasteiger partial charge in [-0.3, -0.25) is 13.9 Å². The molecule has 0 aliphatic carbocycles. The predicted molar refractivity (Wildman–Crippen MR) is 141 cm³/mol. The highest BCUT2D eigenvalue weighted by atomic mass is 127. The van der Waals surface area contributed by atoms with Crippen LogP contribution in [0.3, 0.4) is 0 Å². The quantitative estimate of drug-likeness (QED) is 0.399. The van der Waals surface area contributed by atoms with E-state index in [1.807, 2.05) is 0 Å². The number of benzene rings is 2. The van der Waals surface area contributed by atoms with Crippen molar-refractivity contribution in [1.29, 1.82) is 0 Å². The van der Waals surface area contributed by atoms with Gasteiger partial charge in [0.05, 0.1) is 22.0 Å². The zero-order chi connectivity index (χ0) is 24.8. The molecule has 0 heterocycles. The van der Waals surface area contributed by atoms with E-state index < -0.39 is 28.5 Å². The van der Waals surface area contributed by atoms with Gasteiger partial charge in [0.1, 0.15) is 12.6 Å². The second kappa shape index (κ2) is 12.2. The van der Waals surface area contributed by atoms with Gasteiger partial charge in [0.2, 0.25) is 21.8 Å². The van der Waals surface area contributed by atoms with Crippen LogP contribution < -0.4 is 9.62 Å². The minimum atomic E-state index is -3.76. The van der Waals surface area contributed by atoms with Crippen molar-refractivity contribution < 1.29 is 18.0 Å². The third kappa shape index (κ3) is 7.73. The summed E-state index contributed by atoms with van der Waals surface area (Å²) >= 11 is 14.3. The van der Waals surface area contributed by atoms with Crippen molar-refractivity contribution in [2.24, 2.45) is 0 Å². The van der Waals surface area contributed by atoms with Gasteiger partial charge in [-0.2, -0.15) is 0 Å². The van der Waals surface area contributed by atoms with Crippen LogP contribution in [0.15, 0.2) is 42.5 Å². The number of carbonyl (C=O) groups excluding carboxylic acids is 2. The Hall–Kier alpha value is -1.56. The Bertz CT molecular complexity index is 1100. The largest absolute Gasteiger partial charge is 0.355 e. The Balaban J connectivity index is 2.44. The molecular weight excluding hydrogens is 600 g/mol. The van der Waals surface area contributed by atoms with E-state index in [1.165, 1.54) is 4.90 Å². The van der Waals surface area contributed by atoms with Gasteiger partial charge in [-0.15, -0.1) is 0 Å².